The summed E-state index contributed by atoms with van der Waals surface area (Å²) >= 11 is 1.74. The molecule has 2 heterocycles. The smallest absolute Gasteiger partial charge is 0.147 e. The fourth-order valence-electron chi connectivity index (χ4n) is 2.83. The average Bonchev–Trinajstić information content (AvgIpc) is 3.26. The van der Waals surface area contributed by atoms with Gasteiger partial charge in [-0.3, -0.25) is 0 Å². The Kier molecular flexibility index (Phi) is 3.65. The molecule has 0 saturated heterocycles. The number of benzene rings is 1. The minimum Gasteiger partial charge on any atom is -0.399 e. The predicted octanol–water partition coefficient (Wildman–Crippen LogP) is 3.94. The van der Waals surface area contributed by atoms with Crippen molar-refractivity contribution in [3.8, 4) is 0 Å². The van der Waals surface area contributed by atoms with E-state index in [2.05, 4.69) is 39.7 Å². The summed E-state index contributed by atoms with van der Waals surface area (Å²) in [5, 5.41) is 5.73. The number of anilines is 2. The molecule has 4 nitrogen and oxygen atoms in total. The monoisotopic (exact) mass is 324 g/mol. The molecule has 23 heavy (non-hydrogen) atoms. The van der Waals surface area contributed by atoms with Crippen LogP contribution in [0.3, 0.4) is 0 Å². The number of thiophene rings is 1. The van der Waals surface area contributed by atoms with E-state index in [1.54, 1.807) is 17.7 Å². The summed E-state index contributed by atoms with van der Waals surface area (Å²) in [6.45, 7) is 2.14. The number of nitrogens with two attached hydrogens (primary N) is 1. The van der Waals surface area contributed by atoms with Crippen LogP contribution in [0.5, 0.6) is 0 Å². The summed E-state index contributed by atoms with van der Waals surface area (Å²) in [5.41, 5.74) is 11.7. The quantitative estimate of drug-likeness (QED) is 0.698. The van der Waals surface area contributed by atoms with Crippen molar-refractivity contribution in [2.75, 3.05) is 11.1 Å². The van der Waals surface area contributed by atoms with Gasteiger partial charge in [0.05, 0.1) is 10.2 Å². The van der Waals surface area contributed by atoms with Gasteiger partial charge in [0.15, 0.2) is 0 Å². The van der Waals surface area contributed by atoms with Gasteiger partial charge in [0.2, 0.25) is 0 Å². The van der Waals surface area contributed by atoms with E-state index in [9.17, 15) is 0 Å². The second kappa shape index (κ2) is 5.81. The Balaban J connectivity index is 1.58. The molecule has 0 atom stereocenters. The van der Waals surface area contributed by atoms with E-state index in [-0.39, 0.29) is 0 Å². The molecule has 1 aliphatic carbocycles. The van der Waals surface area contributed by atoms with Crippen molar-refractivity contribution in [2.45, 2.75) is 38.6 Å². The molecule has 1 saturated carbocycles. The topological polar surface area (TPSA) is 63.8 Å². The molecule has 0 radical (unpaired) electrons. The molecule has 5 heteroatoms. The van der Waals surface area contributed by atoms with Gasteiger partial charge < -0.3 is 11.1 Å². The molecule has 1 aromatic carbocycles. The molecular weight excluding hydrogens is 304 g/mol. The van der Waals surface area contributed by atoms with Crippen molar-refractivity contribution in [3.05, 3.63) is 46.6 Å². The highest BCUT2D eigenvalue weighted by atomic mass is 32.1. The van der Waals surface area contributed by atoms with Crippen LogP contribution in [0.2, 0.25) is 0 Å². The Hall–Kier alpha value is -2.14. The fraction of sp³-hybridized carbons (Fsp3) is 0.333. The van der Waals surface area contributed by atoms with E-state index < -0.39 is 0 Å². The van der Waals surface area contributed by atoms with Gasteiger partial charge in [-0.15, -0.1) is 11.3 Å². The van der Waals surface area contributed by atoms with Crippen molar-refractivity contribution >= 4 is 33.1 Å². The van der Waals surface area contributed by atoms with E-state index >= 15 is 0 Å². The number of rotatable bonds is 5. The van der Waals surface area contributed by atoms with Crippen LogP contribution in [0, 0.1) is 6.92 Å². The highest BCUT2D eigenvalue weighted by Crippen LogP contribution is 2.33. The largest absolute Gasteiger partial charge is 0.399 e. The summed E-state index contributed by atoms with van der Waals surface area (Å²) < 4.78 is 1.18. The van der Waals surface area contributed by atoms with Crippen LogP contribution < -0.4 is 11.1 Å². The molecule has 118 valence electrons. The van der Waals surface area contributed by atoms with Gasteiger partial charge in [0, 0.05) is 11.7 Å². The molecule has 0 unspecified atom stereocenters. The number of fused-ring (bicyclic) bond motifs is 1. The first-order chi connectivity index (χ1) is 11.2. The normalized spacial score (nSPS) is 14.3. The van der Waals surface area contributed by atoms with Crippen LogP contribution in [-0.4, -0.2) is 16.0 Å². The molecule has 0 bridgehead atoms. The van der Waals surface area contributed by atoms with Crippen molar-refractivity contribution in [1.29, 1.82) is 0 Å². The Bertz CT molecular complexity index is 851. The first-order valence-corrected chi connectivity index (χ1v) is 8.91. The Morgan fingerprint density at radius 1 is 1.22 bits per heavy atom. The molecular formula is C18H20N4S. The maximum atomic E-state index is 5.91. The maximum absolute atomic E-state index is 5.91. The van der Waals surface area contributed by atoms with Crippen LogP contribution in [0.1, 0.15) is 29.5 Å². The third-order valence-electron chi connectivity index (χ3n) is 4.38. The van der Waals surface area contributed by atoms with Crippen LogP contribution in [0.4, 0.5) is 11.5 Å². The molecule has 3 N–H and O–H groups in total. The Labute approximate surface area is 139 Å². The van der Waals surface area contributed by atoms with Gasteiger partial charge in [-0.1, -0.05) is 6.07 Å². The number of nitrogens with one attached hydrogen (secondary N) is 1. The first-order valence-electron chi connectivity index (χ1n) is 8.03. The number of hydrogen-bond acceptors (Lipinski definition) is 5. The number of aromatic nitrogens is 2. The van der Waals surface area contributed by atoms with Gasteiger partial charge in [-0.2, -0.15) is 0 Å². The number of nitrogens with zero attached hydrogens (tertiary/aromatic N) is 2. The zero-order valence-corrected chi connectivity index (χ0v) is 14.0. The fourth-order valence-corrected chi connectivity index (χ4v) is 3.84. The molecule has 2 aromatic heterocycles. The van der Waals surface area contributed by atoms with E-state index in [1.807, 2.05) is 6.07 Å². The standard InChI is InChI=1S/C18H20N4S/c1-11-2-5-14(19)8-12(11)3-4-13-9-23-17-16(13)20-10-21-18(17)22-15-6-7-15/h2,5,8-10,15H,3-4,6-7,19H2,1H3,(H,20,21,22). The number of aryl methyl sites for hydroxylation is 3. The lowest BCUT2D eigenvalue weighted by atomic mass is 10.0. The molecule has 1 aliphatic rings. The van der Waals surface area contributed by atoms with E-state index in [4.69, 9.17) is 5.73 Å². The lowest BCUT2D eigenvalue weighted by Crippen LogP contribution is -2.03. The number of hydrogen-bond donors (Lipinski definition) is 2. The third kappa shape index (κ3) is 3.01. The minimum absolute atomic E-state index is 0.605. The average molecular weight is 324 g/mol. The second-order valence-corrected chi connectivity index (χ2v) is 7.15. The summed E-state index contributed by atoms with van der Waals surface area (Å²) in [5.74, 6) is 0.994. The summed E-state index contributed by atoms with van der Waals surface area (Å²) in [7, 11) is 0. The van der Waals surface area contributed by atoms with Gasteiger partial charge in [0.25, 0.3) is 0 Å². The molecule has 4 rings (SSSR count). The second-order valence-electron chi connectivity index (χ2n) is 6.27. The van der Waals surface area contributed by atoms with Crippen molar-refractivity contribution in [2.24, 2.45) is 0 Å². The minimum atomic E-state index is 0.605. The summed E-state index contributed by atoms with van der Waals surface area (Å²) in [6.07, 6.45) is 6.13. The Morgan fingerprint density at radius 3 is 2.87 bits per heavy atom. The summed E-state index contributed by atoms with van der Waals surface area (Å²) in [4.78, 5) is 8.93. The molecule has 3 aromatic rings. The van der Waals surface area contributed by atoms with Gasteiger partial charge in [-0.25, -0.2) is 9.97 Å². The lowest BCUT2D eigenvalue weighted by molar-refractivity contribution is 0.957. The van der Waals surface area contributed by atoms with E-state index in [0.29, 0.717) is 6.04 Å². The van der Waals surface area contributed by atoms with Crippen molar-refractivity contribution < 1.29 is 0 Å². The van der Waals surface area contributed by atoms with Gasteiger partial charge in [0.1, 0.15) is 12.1 Å². The van der Waals surface area contributed by atoms with Gasteiger partial charge in [-0.05, 0) is 66.8 Å². The lowest BCUT2D eigenvalue weighted by Gasteiger charge is -2.07. The molecule has 0 aliphatic heterocycles. The van der Waals surface area contributed by atoms with E-state index in [1.165, 1.54) is 34.2 Å². The van der Waals surface area contributed by atoms with Crippen LogP contribution in [-0.2, 0) is 12.8 Å². The molecule has 0 spiro atoms. The highest BCUT2D eigenvalue weighted by Gasteiger charge is 2.23. The first kappa shape index (κ1) is 14.5. The number of nitrogen functional groups attached to an aromatic ring is 1. The molecule has 1 fully saturated rings. The Morgan fingerprint density at radius 2 is 2.04 bits per heavy atom. The SMILES string of the molecule is Cc1ccc(N)cc1CCc1csc2c(NC3CC3)ncnc12. The van der Waals surface area contributed by atoms with Crippen molar-refractivity contribution in [3.63, 3.8) is 0 Å². The van der Waals surface area contributed by atoms with Crippen molar-refractivity contribution in [1.82, 2.24) is 9.97 Å². The summed E-state index contributed by atoms with van der Waals surface area (Å²) in [6, 6.07) is 6.74. The zero-order chi connectivity index (χ0) is 15.8. The highest BCUT2D eigenvalue weighted by molar-refractivity contribution is 7.18. The van der Waals surface area contributed by atoms with E-state index in [0.717, 1.165) is 29.9 Å². The zero-order valence-electron chi connectivity index (χ0n) is 13.2. The van der Waals surface area contributed by atoms with Gasteiger partial charge >= 0.3 is 0 Å². The van der Waals surface area contributed by atoms with Crippen LogP contribution in [0.15, 0.2) is 29.9 Å². The molecule has 0 amide bonds. The predicted molar refractivity (Wildman–Crippen MR) is 97.1 cm³/mol. The van der Waals surface area contributed by atoms with Crippen LogP contribution >= 0.6 is 11.3 Å². The van der Waals surface area contributed by atoms with Crippen LogP contribution in [0.25, 0.3) is 10.2 Å². The maximum Gasteiger partial charge on any atom is 0.147 e. The third-order valence-corrected chi connectivity index (χ3v) is 5.41.